The predicted octanol–water partition coefficient (Wildman–Crippen LogP) is 7.29. The van der Waals surface area contributed by atoms with Gasteiger partial charge >= 0.3 is 5.97 Å². The molecule has 1 aliphatic carbocycles. The number of carbonyl (C=O) groups is 1. The van der Waals surface area contributed by atoms with E-state index in [0.717, 1.165) is 66.1 Å². The Labute approximate surface area is 226 Å². The molecule has 38 heavy (non-hydrogen) atoms. The number of aromatic carboxylic acids is 1. The van der Waals surface area contributed by atoms with Crippen LogP contribution in [0.3, 0.4) is 0 Å². The van der Waals surface area contributed by atoms with Crippen LogP contribution < -0.4 is 4.74 Å². The van der Waals surface area contributed by atoms with Gasteiger partial charge in [0, 0.05) is 19.6 Å². The smallest absolute Gasteiger partial charge is 0.335 e. The number of ether oxygens (including phenoxy) is 1. The molecule has 1 aliphatic heterocycles. The molecule has 0 radical (unpaired) electrons. The van der Waals surface area contributed by atoms with Crippen molar-refractivity contribution in [2.45, 2.75) is 38.2 Å². The summed E-state index contributed by atoms with van der Waals surface area (Å²) < 4.78 is 33.5. The Morgan fingerprint density at radius 1 is 1.08 bits per heavy atom. The van der Waals surface area contributed by atoms with E-state index in [1.807, 2.05) is 36.4 Å². The lowest BCUT2D eigenvalue weighted by atomic mass is 9.87. The van der Waals surface area contributed by atoms with E-state index >= 15 is 0 Å². The third-order valence-electron chi connectivity index (χ3n) is 7.34. The molecule has 1 unspecified atom stereocenters. The minimum Gasteiger partial charge on any atom is -0.489 e. The number of carboxylic acid groups (broad SMARTS) is 1. The number of nitrogens with zero attached hydrogens (tertiary/aromatic N) is 1. The van der Waals surface area contributed by atoms with Crippen molar-refractivity contribution in [3.05, 3.63) is 99.3 Å². The normalized spacial score (nSPS) is 17.8. The van der Waals surface area contributed by atoms with Crippen LogP contribution in [0.15, 0.2) is 60.7 Å². The van der Waals surface area contributed by atoms with Crippen molar-refractivity contribution in [1.29, 1.82) is 0 Å². The first-order chi connectivity index (χ1) is 18.4. The number of rotatable bonds is 8. The standard InChI is InChI=1S/C31H30ClF2NO3/c32-30-27(9-3-10-28(30)34)26-8-2-5-20-17-22(31(36)37)11-12-25(20)29(26)21-6-1-7-23(18-21)38-24-13-16-35(19-24)15-4-14-33/h1,3,6-7,9-12,17-18,24H,2,4-5,8,13-16,19H2,(H,36,37). The Balaban J connectivity index is 1.57. The fraction of sp³-hybridized carbons (Fsp3) is 0.323. The van der Waals surface area contributed by atoms with Crippen LogP contribution in [0.25, 0.3) is 11.1 Å². The molecule has 0 aromatic heterocycles. The summed E-state index contributed by atoms with van der Waals surface area (Å²) >= 11 is 6.48. The van der Waals surface area contributed by atoms with Crippen LogP contribution in [0.5, 0.6) is 5.75 Å². The molecule has 1 fully saturated rings. The van der Waals surface area contributed by atoms with Gasteiger partial charge in [0.15, 0.2) is 0 Å². The van der Waals surface area contributed by atoms with Crippen molar-refractivity contribution >= 4 is 28.7 Å². The molecule has 2 aliphatic rings. The highest BCUT2D eigenvalue weighted by atomic mass is 35.5. The number of likely N-dealkylation sites (tertiary alicyclic amines) is 1. The minimum atomic E-state index is -0.969. The first-order valence-electron chi connectivity index (χ1n) is 13.0. The Kier molecular flexibility index (Phi) is 8.10. The molecule has 4 nitrogen and oxygen atoms in total. The summed E-state index contributed by atoms with van der Waals surface area (Å²) in [4.78, 5) is 13.9. The second-order valence-electron chi connectivity index (χ2n) is 9.89. The van der Waals surface area contributed by atoms with Gasteiger partial charge in [0.1, 0.15) is 17.7 Å². The molecule has 1 saturated heterocycles. The van der Waals surface area contributed by atoms with Crippen LogP contribution in [-0.4, -0.2) is 48.4 Å². The third kappa shape index (κ3) is 5.62. The van der Waals surface area contributed by atoms with Crippen molar-refractivity contribution in [1.82, 2.24) is 4.90 Å². The van der Waals surface area contributed by atoms with E-state index in [2.05, 4.69) is 4.90 Å². The Morgan fingerprint density at radius 2 is 1.92 bits per heavy atom. The van der Waals surface area contributed by atoms with Gasteiger partial charge in [-0.3, -0.25) is 9.29 Å². The molecular weight excluding hydrogens is 508 g/mol. The summed E-state index contributed by atoms with van der Waals surface area (Å²) in [6, 6.07) is 17.9. The fourth-order valence-electron chi connectivity index (χ4n) is 5.55. The summed E-state index contributed by atoms with van der Waals surface area (Å²) in [5.74, 6) is -0.717. The zero-order valence-electron chi connectivity index (χ0n) is 21.1. The van der Waals surface area contributed by atoms with E-state index in [9.17, 15) is 18.7 Å². The van der Waals surface area contributed by atoms with Gasteiger partial charge < -0.3 is 9.84 Å². The number of hydrogen-bond acceptors (Lipinski definition) is 3. The maximum atomic E-state index is 14.5. The zero-order valence-corrected chi connectivity index (χ0v) is 21.8. The second-order valence-corrected chi connectivity index (χ2v) is 10.3. The maximum absolute atomic E-state index is 14.5. The summed E-state index contributed by atoms with van der Waals surface area (Å²) in [7, 11) is 0. The molecule has 1 atom stereocenters. The third-order valence-corrected chi connectivity index (χ3v) is 7.72. The Morgan fingerprint density at radius 3 is 2.74 bits per heavy atom. The summed E-state index contributed by atoms with van der Waals surface area (Å²) in [5, 5.41) is 9.65. The lowest BCUT2D eigenvalue weighted by Crippen LogP contribution is -2.26. The van der Waals surface area contributed by atoms with Crippen molar-refractivity contribution < 1.29 is 23.4 Å². The lowest BCUT2D eigenvalue weighted by Gasteiger charge is -2.20. The van der Waals surface area contributed by atoms with Crippen LogP contribution in [0.4, 0.5) is 8.78 Å². The fourth-order valence-corrected chi connectivity index (χ4v) is 5.79. The molecule has 198 valence electrons. The van der Waals surface area contributed by atoms with Crippen LogP contribution in [0, 0.1) is 5.82 Å². The monoisotopic (exact) mass is 537 g/mol. The van der Waals surface area contributed by atoms with Crippen LogP contribution in [0.2, 0.25) is 5.02 Å². The molecule has 0 saturated carbocycles. The van der Waals surface area contributed by atoms with E-state index in [4.69, 9.17) is 16.3 Å². The maximum Gasteiger partial charge on any atom is 0.335 e. The average molecular weight is 538 g/mol. The number of hydrogen-bond donors (Lipinski definition) is 1. The molecule has 1 heterocycles. The Hall–Kier alpha value is -3.22. The van der Waals surface area contributed by atoms with Crippen molar-refractivity contribution in [3.63, 3.8) is 0 Å². The van der Waals surface area contributed by atoms with Crippen molar-refractivity contribution in [3.8, 4) is 5.75 Å². The summed E-state index contributed by atoms with van der Waals surface area (Å²) in [5.41, 5.74) is 5.46. The molecular formula is C31H30ClF2NO3. The average Bonchev–Trinajstić information content (AvgIpc) is 3.27. The topological polar surface area (TPSA) is 49.8 Å². The van der Waals surface area contributed by atoms with Crippen molar-refractivity contribution in [2.24, 2.45) is 0 Å². The highest BCUT2D eigenvalue weighted by molar-refractivity contribution is 6.33. The number of halogens is 3. The summed E-state index contributed by atoms with van der Waals surface area (Å²) in [6.45, 7) is 2.07. The van der Waals surface area contributed by atoms with E-state index in [0.29, 0.717) is 24.8 Å². The lowest BCUT2D eigenvalue weighted by molar-refractivity contribution is 0.0696. The summed E-state index contributed by atoms with van der Waals surface area (Å²) in [6.07, 6.45) is 3.57. The SMILES string of the molecule is O=C(O)c1ccc2c(c1)CCCC(c1cccc(F)c1Cl)=C2c1cccc(OC2CCN(CCCF)C2)c1. The van der Waals surface area contributed by atoms with Gasteiger partial charge in [0.25, 0.3) is 0 Å². The van der Waals surface area contributed by atoms with Crippen LogP contribution >= 0.6 is 11.6 Å². The van der Waals surface area contributed by atoms with Gasteiger partial charge in [0.05, 0.1) is 17.3 Å². The predicted molar refractivity (Wildman–Crippen MR) is 146 cm³/mol. The van der Waals surface area contributed by atoms with Gasteiger partial charge in [-0.1, -0.05) is 41.9 Å². The molecule has 0 bridgehead atoms. The van der Waals surface area contributed by atoms with Gasteiger partial charge in [0.2, 0.25) is 0 Å². The van der Waals surface area contributed by atoms with E-state index in [1.54, 1.807) is 18.2 Å². The number of aryl methyl sites for hydroxylation is 1. The van der Waals surface area contributed by atoms with E-state index in [-0.39, 0.29) is 23.4 Å². The highest BCUT2D eigenvalue weighted by Crippen LogP contribution is 2.43. The van der Waals surface area contributed by atoms with Gasteiger partial charge in [-0.15, -0.1) is 0 Å². The largest absolute Gasteiger partial charge is 0.489 e. The first-order valence-corrected chi connectivity index (χ1v) is 13.4. The molecule has 0 spiro atoms. The highest BCUT2D eigenvalue weighted by Gasteiger charge is 2.26. The number of alkyl halides is 1. The molecule has 1 N–H and O–H groups in total. The molecule has 7 heteroatoms. The van der Waals surface area contributed by atoms with Gasteiger partial charge in [-0.2, -0.15) is 0 Å². The van der Waals surface area contributed by atoms with E-state index < -0.39 is 11.8 Å². The molecule has 5 rings (SSSR count). The van der Waals surface area contributed by atoms with Crippen LogP contribution in [0.1, 0.15) is 58.3 Å². The molecule has 3 aromatic carbocycles. The Bertz CT molecular complexity index is 1370. The number of fused-ring (bicyclic) bond motifs is 1. The van der Waals surface area contributed by atoms with Crippen LogP contribution in [-0.2, 0) is 6.42 Å². The quantitative estimate of drug-likeness (QED) is 0.328. The molecule has 3 aromatic rings. The minimum absolute atomic E-state index is 0.0236. The number of carboxylic acids is 1. The van der Waals surface area contributed by atoms with Gasteiger partial charge in [-0.25, -0.2) is 9.18 Å². The molecule has 0 amide bonds. The second kappa shape index (κ2) is 11.7. The first kappa shape index (κ1) is 26.4. The van der Waals surface area contributed by atoms with E-state index in [1.165, 1.54) is 6.07 Å². The zero-order chi connectivity index (χ0) is 26.6. The van der Waals surface area contributed by atoms with Gasteiger partial charge in [-0.05, 0) is 95.8 Å². The number of allylic oxidation sites excluding steroid dienone is 1. The van der Waals surface area contributed by atoms with Crippen molar-refractivity contribution in [2.75, 3.05) is 26.3 Å². The number of benzene rings is 3.